The molecule has 0 amide bonds. The second-order valence-corrected chi connectivity index (χ2v) is 5.52. The van der Waals surface area contributed by atoms with Crippen molar-refractivity contribution in [1.29, 1.82) is 0 Å². The number of hydrazone groups is 1. The number of nitrogens with zero attached hydrogens (tertiary/aromatic N) is 2. The fraction of sp³-hybridized carbons (Fsp3) is 0.0556. The number of carboxylic acid groups (broad SMARTS) is 1. The molecule has 126 valence electrons. The van der Waals surface area contributed by atoms with E-state index in [-0.39, 0.29) is 5.56 Å². The van der Waals surface area contributed by atoms with E-state index in [0.29, 0.717) is 16.4 Å². The van der Waals surface area contributed by atoms with Gasteiger partial charge in [0.05, 0.1) is 30.5 Å². The van der Waals surface area contributed by atoms with Crippen LogP contribution in [0.25, 0.3) is 10.9 Å². The van der Waals surface area contributed by atoms with Gasteiger partial charge in [-0.2, -0.15) is 5.10 Å². The van der Waals surface area contributed by atoms with Crippen LogP contribution in [-0.2, 0) is 0 Å². The lowest BCUT2D eigenvalue weighted by molar-refractivity contribution is -0.255. The zero-order valence-corrected chi connectivity index (χ0v) is 13.9. The number of ether oxygens (including phenoxy) is 1. The second kappa shape index (κ2) is 7.19. The third-order valence-electron chi connectivity index (χ3n) is 3.52. The maximum absolute atomic E-state index is 10.7. The van der Waals surface area contributed by atoms with E-state index in [0.717, 1.165) is 16.7 Å². The molecule has 0 aliphatic rings. The van der Waals surface area contributed by atoms with E-state index in [1.165, 1.54) is 12.1 Å². The van der Waals surface area contributed by atoms with Gasteiger partial charge in [-0.05, 0) is 42.0 Å². The van der Waals surface area contributed by atoms with Gasteiger partial charge >= 0.3 is 0 Å². The summed E-state index contributed by atoms with van der Waals surface area (Å²) in [5, 5.41) is 16.0. The molecule has 2 aromatic carbocycles. The molecule has 0 saturated heterocycles. The van der Waals surface area contributed by atoms with Crippen LogP contribution in [0.1, 0.15) is 15.9 Å². The van der Waals surface area contributed by atoms with E-state index >= 15 is 0 Å². The van der Waals surface area contributed by atoms with E-state index in [1.54, 1.807) is 25.5 Å². The van der Waals surface area contributed by atoms with Crippen LogP contribution in [-0.4, -0.2) is 24.3 Å². The Balaban J connectivity index is 1.80. The lowest BCUT2D eigenvalue weighted by Crippen LogP contribution is -2.21. The molecule has 0 spiro atoms. The normalized spacial score (nSPS) is 11.0. The number of halogens is 1. The number of nitrogens with one attached hydrogen (secondary N) is 1. The van der Waals surface area contributed by atoms with Gasteiger partial charge < -0.3 is 14.6 Å². The number of aromatic nitrogens is 1. The highest BCUT2D eigenvalue weighted by molar-refractivity contribution is 6.32. The monoisotopic (exact) mass is 354 g/mol. The summed E-state index contributed by atoms with van der Waals surface area (Å²) in [6.45, 7) is 0. The first-order valence-corrected chi connectivity index (χ1v) is 7.69. The van der Waals surface area contributed by atoms with Crippen LogP contribution >= 0.6 is 11.6 Å². The summed E-state index contributed by atoms with van der Waals surface area (Å²) < 4.78 is 5.20. The molecule has 1 heterocycles. The zero-order valence-electron chi connectivity index (χ0n) is 13.2. The number of carbonyl (C=O) groups excluding carboxylic acids is 1. The zero-order chi connectivity index (χ0) is 17.8. The molecule has 0 saturated carbocycles. The SMILES string of the molecule is COc1ccc2nc(Cl)c(/C=N\Nc3ccc(C(=O)[O-])cc3)cc2c1. The smallest absolute Gasteiger partial charge is 0.138 e. The van der Waals surface area contributed by atoms with E-state index in [1.807, 2.05) is 24.3 Å². The Kier molecular flexibility index (Phi) is 4.81. The number of carboxylic acids is 1. The standard InChI is InChI=1S/C18H14ClN3O3/c1-25-15-6-7-16-12(9-15)8-13(17(19)21-16)10-20-22-14-4-2-11(3-5-14)18(23)24/h2-10,22H,1H3,(H,23,24)/p-1/b20-10-. The number of pyridine rings is 1. The molecule has 3 rings (SSSR count). The van der Waals surface area contributed by atoms with Gasteiger partial charge in [0.1, 0.15) is 10.9 Å². The molecule has 0 aliphatic carbocycles. The molecule has 3 aromatic rings. The highest BCUT2D eigenvalue weighted by atomic mass is 35.5. The number of methoxy groups -OCH3 is 1. The average molecular weight is 355 g/mol. The Bertz CT molecular complexity index is 956. The highest BCUT2D eigenvalue weighted by Crippen LogP contribution is 2.23. The molecule has 0 fully saturated rings. The maximum atomic E-state index is 10.7. The topological polar surface area (TPSA) is 86.6 Å². The molecular weight excluding hydrogens is 342 g/mol. The Morgan fingerprint density at radius 1 is 1.24 bits per heavy atom. The quantitative estimate of drug-likeness (QED) is 0.432. The maximum Gasteiger partial charge on any atom is 0.138 e. The summed E-state index contributed by atoms with van der Waals surface area (Å²) in [5.74, 6) is -0.495. The van der Waals surface area contributed by atoms with Crippen molar-refractivity contribution in [3.05, 3.63) is 64.8 Å². The van der Waals surface area contributed by atoms with Crippen molar-refractivity contribution < 1.29 is 14.6 Å². The fourth-order valence-corrected chi connectivity index (χ4v) is 2.42. The molecule has 0 aliphatic heterocycles. The van der Waals surface area contributed by atoms with Crippen LogP contribution in [0.15, 0.2) is 53.6 Å². The third-order valence-corrected chi connectivity index (χ3v) is 3.82. The molecule has 1 N–H and O–H groups in total. The summed E-state index contributed by atoms with van der Waals surface area (Å²) in [5.41, 5.74) is 4.93. The van der Waals surface area contributed by atoms with Crippen LogP contribution in [0.5, 0.6) is 5.75 Å². The van der Waals surface area contributed by atoms with Gasteiger partial charge in [0.2, 0.25) is 0 Å². The number of rotatable bonds is 5. The Labute approximate surface area is 148 Å². The van der Waals surface area contributed by atoms with Gasteiger partial charge in [-0.25, -0.2) is 4.98 Å². The Morgan fingerprint density at radius 2 is 2.00 bits per heavy atom. The molecular formula is C18H13ClN3O3-. The fourth-order valence-electron chi connectivity index (χ4n) is 2.22. The van der Waals surface area contributed by atoms with Crippen molar-refractivity contribution in [2.75, 3.05) is 12.5 Å². The van der Waals surface area contributed by atoms with Gasteiger partial charge in [-0.15, -0.1) is 0 Å². The molecule has 0 atom stereocenters. The van der Waals surface area contributed by atoms with Crippen molar-refractivity contribution in [2.45, 2.75) is 0 Å². The van der Waals surface area contributed by atoms with Crippen molar-refractivity contribution in [1.82, 2.24) is 4.98 Å². The Morgan fingerprint density at radius 3 is 2.68 bits per heavy atom. The van der Waals surface area contributed by atoms with Crippen LogP contribution < -0.4 is 15.3 Å². The number of carbonyl (C=O) groups is 1. The lowest BCUT2D eigenvalue weighted by atomic mass is 10.1. The number of fused-ring (bicyclic) bond motifs is 1. The summed E-state index contributed by atoms with van der Waals surface area (Å²) in [7, 11) is 1.60. The minimum absolute atomic E-state index is 0.102. The third kappa shape index (κ3) is 3.87. The first-order valence-electron chi connectivity index (χ1n) is 7.31. The van der Waals surface area contributed by atoms with Crippen molar-refractivity contribution in [3.63, 3.8) is 0 Å². The summed E-state index contributed by atoms with van der Waals surface area (Å²) in [6.07, 6.45) is 1.54. The van der Waals surface area contributed by atoms with Crippen molar-refractivity contribution in [3.8, 4) is 5.75 Å². The van der Waals surface area contributed by atoms with Crippen LogP contribution in [0.3, 0.4) is 0 Å². The van der Waals surface area contributed by atoms with Crippen molar-refractivity contribution >= 4 is 40.4 Å². The van der Waals surface area contributed by atoms with Crippen molar-refractivity contribution in [2.24, 2.45) is 5.10 Å². The molecule has 25 heavy (non-hydrogen) atoms. The summed E-state index contributed by atoms with van der Waals surface area (Å²) >= 11 is 6.18. The van der Waals surface area contributed by atoms with Crippen LogP contribution in [0.2, 0.25) is 5.15 Å². The van der Waals surface area contributed by atoms with Gasteiger partial charge in [-0.3, -0.25) is 5.43 Å². The number of anilines is 1. The van der Waals surface area contributed by atoms with E-state index in [2.05, 4.69) is 15.5 Å². The predicted octanol–water partition coefficient (Wildman–Crippen LogP) is 2.71. The Hall–Kier alpha value is -3.12. The van der Waals surface area contributed by atoms with Crippen LogP contribution in [0, 0.1) is 0 Å². The first kappa shape index (κ1) is 16.7. The van der Waals surface area contributed by atoms with Gasteiger partial charge in [0.15, 0.2) is 0 Å². The van der Waals surface area contributed by atoms with E-state index < -0.39 is 5.97 Å². The van der Waals surface area contributed by atoms with E-state index in [9.17, 15) is 9.90 Å². The minimum atomic E-state index is -1.22. The molecule has 6 nitrogen and oxygen atoms in total. The van der Waals surface area contributed by atoms with Crippen LogP contribution in [0.4, 0.5) is 5.69 Å². The average Bonchev–Trinajstić information content (AvgIpc) is 2.62. The number of aromatic carboxylic acids is 1. The summed E-state index contributed by atoms with van der Waals surface area (Å²) in [6, 6.07) is 13.4. The lowest BCUT2D eigenvalue weighted by Gasteiger charge is -2.05. The molecule has 0 unspecified atom stereocenters. The molecule has 0 radical (unpaired) electrons. The van der Waals surface area contributed by atoms with E-state index in [4.69, 9.17) is 16.3 Å². The summed E-state index contributed by atoms with van der Waals surface area (Å²) in [4.78, 5) is 15.0. The predicted molar refractivity (Wildman–Crippen MR) is 95.3 cm³/mol. The minimum Gasteiger partial charge on any atom is -0.545 e. The number of hydrogen-bond donors (Lipinski definition) is 1. The molecule has 7 heteroatoms. The van der Waals surface area contributed by atoms with Gasteiger partial charge in [-0.1, -0.05) is 23.7 Å². The molecule has 1 aromatic heterocycles. The molecule has 0 bridgehead atoms. The largest absolute Gasteiger partial charge is 0.545 e. The second-order valence-electron chi connectivity index (χ2n) is 5.16. The highest BCUT2D eigenvalue weighted by Gasteiger charge is 2.04. The number of hydrogen-bond acceptors (Lipinski definition) is 6. The number of benzene rings is 2. The van der Waals surface area contributed by atoms with Gasteiger partial charge in [0.25, 0.3) is 0 Å². The van der Waals surface area contributed by atoms with Gasteiger partial charge in [0, 0.05) is 10.9 Å². The first-order chi connectivity index (χ1) is 12.1.